The highest BCUT2D eigenvalue weighted by Gasteiger charge is 2.07. The fraction of sp³-hybridized carbons (Fsp3) is 0.0833. The second-order valence-electron chi connectivity index (χ2n) is 6.42. The SMILES string of the molecule is Cc1ccc(NC(=O)COc2ccc(C=C(C#N)c3ccccc3F)cc2)cc1. The van der Waals surface area contributed by atoms with Crippen molar-refractivity contribution in [2.45, 2.75) is 6.92 Å². The molecule has 3 aromatic carbocycles. The largest absolute Gasteiger partial charge is 0.484 e. The van der Waals surface area contributed by atoms with E-state index in [4.69, 9.17) is 4.74 Å². The summed E-state index contributed by atoms with van der Waals surface area (Å²) in [5.74, 6) is -0.186. The quantitative estimate of drug-likeness (QED) is 0.467. The van der Waals surface area contributed by atoms with Crippen LogP contribution in [0.15, 0.2) is 72.8 Å². The zero-order valence-corrected chi connectivity index (χ0v) is 15.9. The van der Waals surface area contributed by atoms with Gasteiger partial charge in [-0.1, -0.05) is 48.0 Å². The molecule has 0 spiro atoms. The molecular formula is C24H19FN2O2. The first-order valence-corrected chi connectivity index (χ1v) is 9.01. The first-order valence-electron chi connectivity index (χ1n) is 9.01. The van der Waals surface area contributed by atoms with Gasteiger partial charge in [0.05, 0.1) is 11.6 Å². The van der Waals surface area contributed by atoms with E-state index in [9.17, 15) is 14.4 Å². The minimum absolute atomic E-state index is 0.123. The first-order chi connectivity index (χ1) is 14.0. The third-order valence-electron chi connectivity index (χ3n) is 4.18. The van der Waals surface area contributed by atoms with Crippen LogP contribution in [0.2, 0.25) is 0 Å². The number of nitrogens with zero attached hydrogens (tertiary/aromatic N) is 1. The van der Waals surface area contributed by atoms with Gasteiger partial charge in [-0.2, -0.15) is 5.26 Å². The summed E-state index contributed by atoms with van der Waals surface area (Å²) in [5.41, 5.74) is 3.03. The predicted molar refractivity (Wildman–Crippen MR) is 112 cm³/mol. The summed E-state index contributed by atoms with van der Waals surface area (Å²) < 4.78 is 19.4. The Morgan fingerprint density at radius 2 is 1.76 bits per heavy atom. The van der Waals surface area contributed by atoms with E-state index in [1.807, 2.05) is 37.3 Å². The molecule has 29 heavy (non-hydrogen) atoms. The molecule has 0 heterocycles. The van der Waals surface area contributed by atoms with Crippen LogP contribution in [0.1, 0.15) is 16.7 Å². The molecule has 0 saturated carbocycles. The number of halogens is 1. The maximum atomic E-state index is 13.9. The monoisotopic (exact) mass is 386 g/mol. The van der Waals surface area contributed by atoms with Crippen LogP contribution in [-0.2, 0) is 4.79 Å². The van der Waals surface area contributed by atoms with Gasteiger partial charge in [0.2, 0.25) is 0 Å². The molecule has 0 fully saturated rings. The number of nitrogens with one attached hydrogen (secondary N) is 1. The number of hydrogen-bond donors (Lipinski definition) is 1. The molecule has 0 atom stereocenters. The van der Waals surface area contributed by atoms with Gasteiger partial charge < -0.3 is 10.1 Å². The highest BCUT2D eigenvalue weighted by Crippen LogP contribution is 2.22. The highest BCUT2D eigenvalue weighted by molar-refractivity contribution is 5.92. The maximum absolute atomic E-state index is 13.9. The van der Waals surface area contributed by atoms with Gasteiger partial charge in [-0.25, -0.2) is 4.39 Å². The maximum Gasteiger partial charge on any atom is 0.262 e. The molecule has 0 aliphatic heterocycles. The van der Waals surface area contributed by atoms with Crippen molar-refractivity contribution in [1.29, 1.82) is 5.26 Å². The number of benzene rings is 3. The summed E-state index contributed by atoms with van der Waals surface area (Å²) >= 11 is 0. The molecule has 0 aliphatic rings. The average molecular weight is 386 g/mol. The molecule has 3 rings (SSSR count). The van der Waals surface area contributed by atoms with E-state index in [0.717, 1.165) is 11.1 Å². The molecule has 0 aromatic heterocycles. The first kappa shape index (κ1) is 19.8. The van der Waals surface area contributed by atoms with Gasteiger partial charge in [-0.15, -0.1) is 0 Å². The van der Waals surface area contributed by atoms with Crippen molar-refractivity contribution in [1.82, 2.24) is 0 Å². The second-order valence-corrected chi connectivity index (χ2v) is 6.42. The second kappa shape index (κ2) is 9.34. The normalized spacial score (nSPS) is 10.9. The number of rotatable bonds is 6. The molecule has 0 unspecified atom stereocenters. The number of aryl methyl sites for hydroxylation is 1. The fourth-order valence-corrected chi connectivity index (χ4v) is 2.66. The van der Waals surface area contributed by atoms with Gasteiger partial charge in [-0.05, 0) is 48.9 Å². The third kappa shape index (κ3) is 5.53. The van der Waals surface area contributed by atoms with Crippen molar-refractivity contribution >= 4 is 23.2 Å². The summed E-state index contributed by atoms with van der Waals surface area (Å²) in [4.78, 5) is 12.0. The number of allylic oxidation sites excluding steroid dienone is 1. The summed E-state index contributed by atoms with van der Waals surface area (Å²) in [6, 6.07) is 22.5. The molecule has 0 aliphatic carbocycles. The van der Waals surface area contributed by atoms with E-state index >= 15 is 0 Å². The van der Waals surface area contributed by atoms with Gasteiger partial charge in [0.25, 0.3) is 5.91 Å². The predicted octanol–water partition coefficient (Wildman–Crippen LogP) is 5.22. The Hall–Kier alpha value is -3.91. The number of hydrogen-bond acceptors (Lipinski definition) is 3. The zero-order chi connectivity index (χ0) is 20.6. The minimum atomic E-state index is -0.445. The Morgan fingerprint density at radius 3 is 2.41 bits per heavy atom. The van der Waals surface area contributed by atoms with Crippen LogP contribution in [0.4, 0.5) is 10.1 Å². The van der Waals surface area contributed by atoms with E-state index in [1.165, 1.54) is 6.07 Å². The fourth-order valence-electron chi connectivity index (χ4n) is 2.66. The van der Waals surface area contributed by atoms with Crippen molar-refractivity contribution in [3.63, 3.8) is 0 Å². The minimum Gasteiger partial charge on any atom is -0.484 e. The molecule has 1 amide bonds. The van der Waals surface area contributed by atoms with E-state index in [1.54, 1.807) is 48.5 Å². The Bertz CT molecular complexity index is 1070. The van der Waals surface area contributed by atoms with Crippen molar-refractivity contribution < 1.29 is 13.9 Å². The van der Waals surface area contributed by atoms with Gasteiger partial charge in [0.15, 0.2) is 6.61 Å². The van der Waals surface area contributed by atoms with Gasteiger partial charge in [0.1, 0.15) is 11.6 Å². The summed E-state index contributed by atoms with van der Waals surface area (Å²) in [6.07, 6.45) is 1.60. The topological polar surface area (TPSA) is 62.1 Å². The average Bonchev–Trinajstić information content (AvgIpc) is 2.74. The lowest BCUT2D eigenvalue weighted by atomic mass is 10.0. The van der Waals surface area contributed by atoms with E-state index in [2.05, 4.69) is 5.32 Å². The molecule has 4 nitrogen and oxygen atoms in total. The molecule has 0 radical (unpaired) electrons. The van der Waals surface area contributed by atoms with Crippen molar-refractivity contribution in [2.75, 3.05) is 11.9 Å². The Labute approximate surface area is 168 Å². The lowest BCUT2D eigenvalue weighted by Gasteiger charge is -2.08. The molecular weight excluding hydrogens is 367 g/mol. The van der Waals surface area contributed by atoms with Crippen molar-refractivity contribution in [3.8, 4) is 11.8 Å². The van der Waals surface area contributed by atoms with Gasteiger partial charge in [0, 0.05) is 11.3 Å². The molecule has 0 bridgehead atoms. The molecule has 3 aromatic rings. The highest BCUT2D eigenvalue weighted by atomic mass is 19.1. The van der Waals surface area contributed by atoms with Crippen LogP contribution in [0.3, 0.4) is 0 Å². The third-order valence-corrected chi connectivity index (χ3v) is 4.18. The molecule has 144 valence electrons. The van der Waals surface area contributed by atoms with E-state index < -0.39 is 5.82 Å². The van der Waals surface area contributed by atoms with E-state index in [-0.39, 0.29) is 23.7 Å². The van der Waals surface area contributed by atoms with Gasteiger partial charge >= 0.3 is 0 Å². The Balaban J connectivity index is 1.61. The molecule has 1 N–H and O–H groups in total. The number of carbonyl (C=O) groups excluding carboxylic acids is 1. The van der Waals surface area contributed by atoms with Crippen LogP contribution in [0.5, 0.6) is 5.75 Å². The summed E-state index contributed by atoms with van der Waals surface area (Å²) in [5, 5.41) is 12.1. The zero-order valence-electron chi connectivity index (χ0n) is 15.9. The Kier molecular flexibility index (Phi) is 6.39. The van der Waals surface area contributed by atoms with Gasteiger partial charge in [-0.3, -0.25) is 4.79 Å². The van der Waals surface area contributed by atoms with Crippen LogP contribution in [0, 0.1) is 24.1 Å². The summed E-state index contributed by atoms with van der Waals surface area (Å²) in [7, 11) is 0. The smallest absolute Gasteiger partial charge is 0.262 e. The van der Waals surface area contributed by atoms with E-state index in [0.29, 0.717) is 11.4 Å². The standard InChI is InChI=1S/C24H19FN2O2/c1-17-6-10-20(11-7-17)27-24(28)16-29-21-12-8-18(9-13-21)14-19(15-26)22-4-2-3-5-23(22)25/h2-14H,16H2,1H3,(H,27,28). The number of amides is 1. The molecule has 0 saturated heterocycles. The number of ether oxygens (including phenoxy) is 1. The van der Waals surface area contributed by atoms with Crippen LogP contribution < -0.4 is 10.1 Å². The Morgan fingerprint density at radius 1 is 1.07 bits per heavy atom. The van der Waals surface area contributed by atoms with Crippen LogP contribution >= 0.6 is 0 Å². The number of anilines is 1. The number of nitriles is 1. The van der Waals surface area contributed by atoms with Crippen LogP contribution in [0.25, 0.3) is 11.6 Å². The summed E-state index contributed by atoms with van der Waals surface area (Å²) in [6.45, 7) is 1.85. The van der Waals surface area contributed by atoms with Crippen molar-refractivity contribution in [3.05, 3.63) is 95.3 Å². The number of carbonyl (C=O) groups is 1. The lowest BCUT2D eigenvalue weighted by Crippen LogP contribution is -2.20. The molecule has 5 heteroatoms. The lowest BCUT2D eigenvalue weighted by molar-refractivity contribution is -0.118. The van der Waals surface area contributed by atoms with Crippen LogP contribution in [-0.4, -0.2) is 12.5 Å². The van der Waals surface area contributed by atoms with Crippen molar-refractivity contribution in [2.24, 2.45) is 0 Å².